The van der Waals surface area contributed by atoms with Crippen molar-refractivity contribution in [2.24, 2.45) is 0 Å². The summed E-state index contributed by atoms with van der Waals surface area (Å²) in [7, 11) is 0. The van der Waals surface area contributed by atoms with Gasteiger partial charge in [0.25, 0.3) is 0 Å². The normalized spacial score (nSPS) is 11.7. The molecule has 250 valence electrons. The molecule has 0 saturated carbocycles. The van der Waals surface area contributed by atoms with E-state index in [2.05, 4.69) is 175 Å². The van der Waals surface area contributed by atoms with Gasteiger partial charge in [0.15, 0.2) is 5.82 Å². The zero-order valence-corrected chi connectivity index (χ0v) is 29.2. The first-order chi connectivity index (χ1) is 26.8. The van der Waals surface area contributed by atoms with E-state index in [0.717, 1.165) is 44.8 Å². The molecule has 1 aliphatic rings. The van der Waals surface area contributed by atoms with Crippen molar-refractivity contribution in [1.29, 1.82) is 0 Å². The molecule has 11 rings (SSSR count). The summed E-state index contributed by atoms with van der Waals surface area (Å²) in [6.07, 6.45) is 3.70. The van der Waals surface area contributed by atoms with Crippen LogP contribution in [0.25, 0.3) is 111 Å². The maximum atomic E-state index is 5.32. The average Bonchev–Trinajstić information content (AvgIpc) is 3.58. The van der Waals surface area contributed by atoms with Crippen molar-refractivity contribution >= 4 is 32.3 Å². The maximum Gasteiger partial charge on any atom is 0.160 e. The van der Waals surface area contributed by atoms with Gasteiger partial charge in [0.1, 0.15) is 0 Å². The molecule has 3 nitrogen and oxygen atoms in total. The van der Waals surface area contributed by atoms with Crippen molar-refractivity contribution in [1.82, 2.24) is 15.0 Å². The first-order valence-corrected chi connectivity index (χ1v) is 18.3. The smallest absolute Gasteiger partial charge is 0.160 e. The van der Waals surface area contributed by atoms with Crippen LogP contribution in [0.3, 0.4) is 0 Å². The Morgan fingerprint density at radius 2 is 0.926 bits per heavy atom. The van der Waals surface area contributed by atoms with Crippen molar-refractivity contribution in [3.63, 3.8) is 0 Å². The van der Waals surface area contributed by atoms with Gasteiger partial charge in [-0.2, -0.15) is 0 Å². The summed E-state index contributed by atoms with van der Waals surface area (Å²) in [5.41, 5.74) is 14.6. The molecule has 2 aromatic heterocycles. The Bertz CT molecular complexity index is 3050. The summed E-state index contributed by atoms with van der Waals surface area (Å²) in [4.78, 5) is 14.9. The van der Waals surface area contributed by atoms with Gasteiger partial charge in [-0.1, -0.05) is 158 Å². The van der Waals surface area contributed by atoms with E-state index in [-0.39, 0.29) is 0 Å². The monoisotopic (exact) mass is 685 g/mol. The van der Waals surface area contributed by atoms with Gasteiger partial charge in [-0.25, -0.2) is 9.97 Å². The zero-order valence-electron chi connectivity index (χ0n) is 29.2. The lowest BCUT2D eigenvalue weighted by Gasteiger charge is -2.14. The molecule has 0 amide bonds. The third-order valence-corrected chi connectivity index (χ3v) is 10.9. The van der Waals surface area contributed by atoms with Crippen LogP contribution >= 0.6 is 0 Å². The van der Waals surface area contributed by atoms with Crippen molar-refractivity contribution in [3.8, 4) is 78.4 Å². The Labute approximate surface area is 312 Å². The highest BCUT2D eigenvalue weighted by molar-refractivity contribution is 6.18. The van der Waals surface area contributed by atoms with Gasteiger partial charge in [0.05, 0.1) is 11.4 Å². The van der Waals surface area contributed by atoms with Gasteiger partial charge >= 0.3 is 0 Å². The third kappa shape index (κ3) is 4.87. The number of nitrogens with zero attached hydrogens (tertiary/aromatic N) is 3. The summed E-state index contributed by atoms with van der Waals surface area (Å²) in [6.45, 7) is 0. The van der Waals surface area contributed by atoms with Crippen molar-refractivity contribution in [2.75, 3.05) is 0 Å². The minimum absolute atomic E-state index is 0.695. The van der Waals surface area contributed by atoms with Crippen LogP contribution < -0.4 is 0 Å². The van der Waals surface area contributed by atoms with E-state index in [1.807, 2.05) is 12.3 Å². The highest BCUT2D eigenvalue weighted by atomic mass is 14.9. The second kappa shape index (κ2) is 12.2. The molecule has 8 aromatic carbocycles. The van der Waals surface area contributed by atoms with Crippen molar-refractivity contribution in [2.45, 2.75) is 0 Å². The Kier molecular flexibility index (Phi) is 6.86. The Balaban J connectivity index is 1.07. The quantitative estimate of drug-likeness (QED) is 0.169. The first-order valence-electron chi connectivity index (χ1n) is 18.3. The third-order valence-electron chi connectivity index (χ3n) is 10.9. The molecule has 2 heterocycles. The lowest BCUT2D eigenvalue weighted by molar-refractivity contribution is 1.18. The SMILES string of the molecule is c1cncc(-c2ccc(-c3cc(-c4ccc5c6c(cccc46)-c4ccccc4-5)nc(-c4ccc(-c5cc6ccccc6c6ccccc56)cc4)n3)cc2)c1. The van der Waals surface area contributed by atoms with Gasteiger partial charge in [0.2, 0.25) is 0 Å². The largest absolute Gasteiger partial charge is 0.264 e. The lowest BCUT2D eigenvalue weighted by atomic mass is 9.93. The second-order valence-corrected chi connectivity index (χ2v) is 14.0. The van der Waals surface area contributed by atoms with Gasteiger partial charge in [-0.15, -0.1) is 0 Å². The van der Waals surface area contributed by atoms with Crippen LogP contribution in [0.1, 0.15) is 0 Å². The topological polar surface area (TPSA) is 38.7 Å². The summed E-state index contributed by atoms with van der Waals surface area (Å²) in [5.74, 6) is 0.695. The number of hydrogen-bond donors (Lipinski definition) is 0. The Morgan fingerprint density at radius 3 is 1.72 bits per heavy atom. The Hall–Kier alpha value is -7.23. The van der Waals surface area contributed by atoms with Crippen LogP contribution in [0.2, 0.25) is 0 Å². The highest BCUT2D eigenvalue weighted by Crippen LogP contribution is 2.49. The van der Waals surface area contributed by atoms with E-state index in [0.29, 0.717) is 5.82 Å². The summed E-state index contributed by atoms with van der Waals surface area (Å²) in [6, 6.07) is 63.0. The molecule has 0 unspecified atom stereocenters. The van der Waals surface area contributed by atoms with Crippen LogP contribution in [0.5, 0.6) is 0 Å². The zero-order chi connectivity index (χ0) is 35.6. The minimum atomic E-state index is 0.695. The molecule has 1 aliphatic carbocycles. The molecule has 0 spiro atoms. The summed E-state index contributed by atoms with van der Waals surface area (Å²) in [5, 5.41) is 7.49. The number of benzene rings is 8. The van der Waals surface area contributed by atoms with Gasteiger partial charge in [-0.3, -0.25) is 4.98 Å². The molecule has 0 fully saturated rings. The summed E-state index contributed by atoms with van der Waals surface area (Å²) < 4.78 is 0. The van der Waals surface area contributed by atoms with Crippen LogP contribution in [0.15, 0.2) is 188 Å². The van der Waals surface area contributed by atoms with Crippen LogP contribution in [0.4, 0.5) is 0 Å². The van der Waals surface area contributed by atoms with E-state index in [9.17, 15) is 0 Å². The maximum absolute atomic E-state index is 5.32. The van der Waals surface area contributed by atoms with Gasteiger partial charge < -0.3 is 0 Å². The highest BCUT2D eigenvalue weighted by Gasteiger charge is 2.23. The van der Waals surface area contributed by atoms with Crippen molar-refractivity contribution < 1.29 is 0 Å². The molecular formula is C51H31N3. The second-order valence-electron chi connectivity index (χ2n) is 14.0. The number of fused-ring (bicyclic) bond motifs is 6. The standard InChI is InChI=1S/C51H31N3/c1-2-11-38-36(9-1)29-47(42-15-6-3-12-39(38)42)33-20-24-35(25-21-33)51-53-48(34-22-18-32(19-23-34)37-10-8-28-52-31-37)30-49(54-51)43-26-27-46-41-14-5-4-13-40(41)44-16-7-17-45(43)50(44)46/h1-31H. The van der Waals surface area contributed by atoms with Gasteiger partial charge in [-0.05, 0) is 95.0 Å². The molecule has 0 bridgehead atoms. The molecule has 0 radical (unpaired) electrons. The van der Waals surface area contributed by atoms with E-state index in [4.69, 9.17) is 9.97 Å². The molecular weight excluding hydrogens is 655 g/mol. The van der Waals surface area contributed by atoms with E-state index >= 15 is 0 Å². The predicted molar refractivity (Wildman–Crippen MR) is 224 cm³/mol. The fourth-order valence-corrected chi connectivity index (χ4v) is 8.35. The molecule has 0 N–H and O–H groups in total. The average molecular weight is 686 g/mol. The Morgan fingerprint density at radius 1 is 0.315 bits per heavy atom. The molecule has 0 atom stereocenters. The number of rotatable bonds is 5. The molecule has 0 aliphatic heterocycles. The van der Waals surface area contributed by atoms with Crippen LogP contribution in [0, 0.1) is 0 Å². The number of pyridine rings is 1. The van der Waals surface area contributed by atoms with E-state index in [1.165, 1.54) is 60.1 Å². The lowest BCUT2D eigenvalue weighted by Crippen LogP contribution is -1.97. The van der Waals surface area contributed by atoms with Crippen molar-refractivity contribution in [3.05, 3.63) is 188 Å². The van der Waals surface area contributed by atoms with E-state index in [1.54, 1.807) is 6.20 Å². The first kappa shape index (κ1) is 30.4. The summed E-state index contributed by atoms with van der Waals surface area (Å²) >= 11 is 0. The van der Waals surface area contributed by atoms with Gasteiger partial charge in [0, 0.05) is 29.1 Å². The number of aromatic nitrogens is 3. The molecule has 3 heteroatoms. The van der Waals surface area contributed by atoms with Crippen LogP contribution in [-0.4, -0.2) is 15.0 Å². The molecule has 10 aromatic rings. The fourth-order valence-electron chi connectivity index (χ4n) is 8.35. The molecule has 0 saturated heterocycles. The fraction of sp³-hybridized carbons (Fsp3) is 0. The minimum Gasteiger partial charge on any atom is -0.264 e. The van der Waals surface area contributed by atoms with E-state index < -0.39 is 0 Å². The predicted octanol–water partition coefficient (Wildman–Crippen LogP) is 13.3. The molecule has 54 heavy (non-hydrogen) atoms. The number of hydrogen-bond acceptors (Lipinski definition) is 3. The van der Waals surface area contributed by atoms with Crippen LogP contribution in [-0.2, 0) is 0 Å².